The van der Waals surface area contributed by atoms with E-state index in [0.29, 0.717) is 0 Å². The first-order chi connectivity index (χ1) is 9.82. The number of halogens is 3. The Morgan fingerprint density at radius 3 is 2.62 bits per heavy atom. The van der Waals surface area contributed by atoms with E-state index in [1.165, 1.54) is 24.1 Å². The van der Waals surface area contributed by atoms with Crippen molar-refractivity contribution in [3.05, 3.63) is 29.3 Å². The molecule has 1 aromatic carbocycles. The van der Waals surface area contributed by atoms with E-state index in [-0.39, 0.29) is 16.4 Å². The normalized spacial score (nSPS) is 11.5. The molecular weight excluding hydrogens is 307 g/mol. The molecule has 1 amide bonds. The number of carbonyl (C=O) groups excluding carboxylic acids is 1. The van der Waals surface area contributed by atoms with E-state index in [0.717, 1.165) is 23.9 Å². The van der Waals surface area contributed by atoms with Gasteiger partial charge in [0.25, 0.3) is 5.91 Å². The van der Waals surface area contributed by atoms with Crippen molar-refractivity contribution in [2.45, 2.75) is 11.1 Å². The minimum atomic E-state index is -4.46. The molecule has 21 heavy (non-hydrogen) atoms. The lowest BCUT2D eigenvalue weighted by Crippen LogP contribution is -2.16. The zero-order valence-corrected chi connectivity index (χ0v) is 11.8. The maximum absolute atomic E-state index is 12.8. The van der Waals surface area contributed by atoms with Gasteiger partial charge in [0.1, 0.15) is 0 Å². The zero-order valence-electron chi connectivity index (χ0n) is 11.0. The number of anilines is 1. The standard InChI is InChI=1S/C11H10F3N5OS/c1-19-10(16-17-18-19)15-9(20)6-3-4-7(11(12,13)14)8(5-6)21-2/h3-5H,1-2H3,(H,15,16,18,20). The van der Waals surface area contributed by atoms with E-state index in [4.69, 9.17) is 0 Å². The second kappa shape index (κ2) is 5.72. The molecule has 6 nitrogen and oxygen atoms in total. The summed E-state index contributed by atoms with van der Waals surface area (Å²) in [4.78, 5) is 12.0. The van der Waals surface area contributed by atoms with Crippen LogP contribution in [0.3, 0.4) is 0 Å². The van der Waals surface area contributed by atoms with E-state index in [9.17, 15) is 18.0 Å². The third kappa shape index (κ3) is 3.32. The fourth-order valence-electron chi connectivity index (χ4n) is 1.58. The number of carbonyl (C=O) groups is 1. The molecule has 0 saturated carbocycles. The molecule has 0 bridgehead atoms. The first-order valence-electron chi connectivity index (χ1n) is 5.62. The topological polar surface area (TPSA) is 72.7 Å². The van der Waals surface area contributed by atoms with Gasteiger partial charge in [-0.05, 0) is 34.9 Å². The van der Waals surface area contributed by atoms with Crippen LogP contribution in [0, 0.1) is 0 Å². The van der Waals surface area contributed by atoms with Crippen molar-refractivity contribution in [3.8, 4) is 0 Å². The second-order valence-corrected chi connectivity index (χ2v) is 4.84. The summed E-state index contributed by atoms with van der Waals surface area (Å²) in [5.74, 6) is -0.484. The summed E-state index contributed by atoms with van der Waals surface area (Å²) in [5, 5.41) is 12.9. The highest BCUT2D eigenvalue weighted by Crippen LogP contribution is 2.36. The molecule has 112 valence electrons. The van der Waals surface area contributed by atoms with E-state index >= 15 is 0 Å². The van der Waals surface area contributed by atoms with Crippen LogP contribution in [-0.4, -0.2) is 32.4 Å². The second-order valence-electron chi connectivity index (χ2n) is 3.99. The predicted molar refractivity (Wildman–Crippen MR) is 70.0 cm³/mol. The molecule has 0 radical (unpaired) electrons. The minimum absolute atomic E-state index is 0.0220. The Kier molecular flexibility index (Phi) is 4.16. The Balaban J connectivity index is 2.29. The highest BCUT2D eigenvalue weighted by Gasteiger charge is 2.33. The fraction of sp³-hybridized carbons (Fsp3) is 0.273. The van der Waals surface area contributed by atoms with E-state index in [1.807, 2.05) is 0 Å². The molecule has 2 aromatic rings. The van der Waals surface area contributed by atoms with E-state index in [2.05, 4.69) is 20.8 Å². The number of thioether (sulfide) groups is 1. The third-order valence-electron chi connectivity index (χ3n) is 2.61. The number of nitrogens with one attached hydrogen (secondary N) is 1. The number of rotatable bonds is 3. The molecule has 2 rings (SSSR count). The number of aryl methyl sites for hydroxylation is 1. The number of hydrogen-bond acceptors (Lipinski definition) is 5. The molecule has 0 aliphatic heterocycles. The van der Waals surface area contributed by atoms with E-state index < -0.39 is 17.6 Å². The van der Waals surface area contributed by atoms with Gasteiger partial charge in [-0.2, -0.15) is 13.2 Å². The van der Waals surface area contributed by atoms with Crippen LogP contribution in [0.2, 0.25) is 0 Å². The number of benzene rings is 1. The van der Waals surface area contributed by atoms with Gasteiger partial charge in [-0.25, -0.2) is 4.68 Å². The lowest BCUT2D eigenvalue weighted by atomic mass is 10.1. The first kappa shape index (κ1) is 15.3. The Morgan fingerprint density at radius 2 is 2.10 bits per heavy atom. The van der Waals surface area contributed by atoms with Crippen molar-refractivity contribution < 1.29 is 18.0 Å². The highest BCUT2D eigenvalue weighted by atomic mass is 32.2. The van der Waals surface area contributed by atoms with E-state index in [1.54, 1.807) is 0 Å². The third-order valence-corrected chi connectivity index (χ3v) is 3.39. The molecule has 0 fully saturated rings. The SMILES string of the molecule is CSc1cc(C(=O)Nc2nnnn2C)ccc1C(F)(F)F. The fourth-order valence-corrected chi connectivity index (χ4v) is 2.22. The molecule has 0 unspecified atom stereocenters. The van der Waals surface area contributed by atoms with Crippen molar-refractivity contribution in [1.29, 1.82) is 0 Å². The summed E-state index contributed by atoms with van der Waals surface area (Å²) >= 11 is 0.919. The van der Waals surface area contributed by atoms with Crippen molar-refractivity contribution >= 4 is 23.6 Å². The first-order valence-corrected chi connectivity index (χ1v) is 6.84. The molecule has 1 N–H and O–H groups in total. The van der Waals surface area contributed by atoms with Crippen LogP contribution >= 0.6 is 11.8 Å². The van der Waals surface area contributed by atoms with Crippen molar-refractivity contribution in [2.75, 3.05) is 11.6 Å². The Morgan fingerprint density at radius 1 is 1.38 bits per heavy atom. The number of hydrogen-bond donors (Lipinski definition) is 1. The van der Waals surface area contributed by atoms with Gasteiger partial charge in [-0.1, -0.05) is 5.10 Å². The molecule has 10 heteroatoms. The Labute approximate surface area is 121 Å². The van der Waals surface area contributed by atoms with Crippen LogP contribution in [0.1, 0.15) is 15.9 Å². The number of tetrazole rings is 1. The molecule has 0 saturated heterocycles. The monoisotopic (exact) mass is 317 g/mol. The maximum atomic E-state index is 12.8. The summed E-state index contributed by atoms with van der Waals surface area (Å²) in [6.07, 6.45) is -2.94. The average Bonchev–Trinajstić information content (AvgIpc) is 2.82. The number of alkyl halides is 3. The molecule has 1 aromatic heterocycles. The van der Waals surface area contributed by atoms with Gasteiger partial charge in [0.2, 0.25) is 5.95 Å². The summed E-state index contributed by atoms with van der Waals surface area (Å²) < 4.78 is 39.6. The van der Waals surface area contributed by atoms with Crippen LogP contribution in [0.25, 0.3) is 0 Å². The quantitative estimate of drug-likeness (QED) is 0.879. The summed E-state index contributed by atoms with van der Waals surface area (Å²) in [6, 6.07) is 3.18. The van der Waals surface area contributed by atoms with Crippen molar-refractivity contribution in [1.82, 2.24) is 20.2 Å². The van der Waals surface area contributed by atoms with Crippen LogP contribution < -0.4 is 5.32 Å². The van der Waals surface area contributed by atoms with Crippen LogP contribution in [-0.2, 0) is 13.2 Å². The Bertz CT molecular complexity index is 670. The number of nitrogens with zero attached hydrogens (tertiary/aromatic N) is 4. The van der Waals surface area contributed by atoms with Crippen molar-refractivity contribution in [2.24, 2.45) is 7.05 Å². The molecule has 0 spiro atoms. The molecule has 0 aliphatic rings. The summed E-state index contributed by atoms with van der Waals surface area (Å²) in [6.45, 7) is 0. The Hall–Kier alpha value is -2.10. The van der Waals surface area contributed by atoms with Crippen LogP contribution in [0.4, 0.5) is 19.1 Å². The molecular formula is C11H10F3N5OS. The average molecular weight is 317 g/mol. The number of aromatic nitrogens is 4. The van der Waals surface area contributed by atoms with Gasteiger partial charge in [-0.3, -0.25) is 10.1 Å². The molecule has 0 aliphatic carbocycles. The molecule has 0 atom stereocenters. The van der Waals surface area contributed by atoms with Crippen LogP contribution in [0.15, 0.2) is 23.1 Å². The van der Waals surface area contributed by atoms with Crippen LogP contribution in [0.5, 0.6) is 0 Å². The van der Waals surface area contributed by atoms with Gasteiger partial charge < -0.3 is 0 Å². The summed E-state index contributed by atoms with van der Waals surface area (Å²) in [5.41, 5.74) is -0.678. The zero-order chi connectivity index (χ0) is 15.6. The highest BCUT2D eigenvalue weighted by molar-refractivity contribution is 7.98. The van der Waals surface area contributed by atoms with Gasteiger partial charge in [0.05, 0.1) is 5.56 Å². The number of amides is 1. The van der Waals surface area contributed by atoms with Gasteiger partial charge in [0, 0.05) is 17.5 Å². The van der Waals surface area contributed by atoms with Crippen molar-refractivity contribution in [3.63, 3.8) is 0 Å². The van der Waals surface area contributed by atoms with Gasteiger partial charge in [-0.15, -0.1) is 11.8 Å². The largest absolute Gasteiger partial charge is 0.417 e. The predicted octanol–water partition coefficient (Wildman–Crippen LogP) is 2.20. The lowest BCUT2D eigenvalue weighted by Gasteiger charge is -2.12. The summed E-state index contributed by atoms with van der Waals surface area (Å²) in [7, 11) is 1.52. The smallest absolute Gasteiger partial charge is 0.289 e. The minimum Gasteiger partial charge on any atom is -0.289 e. The van der Waals surface area contributed by atoms with Gasteiger partial charge in [0.15, 0.2) is 0 Å². The maximum Gasteiger partial charge on any atom is 0.417 e. The van der Waals surface area contributed by atoms with Gasteiger partial charge >= 0.3 is 6.18 Å². The lowest BCUT2D eigenvalue weighted by molar-refractivity contribution is -0.139. The molecule has 1 heterocycles.